The van der Waals surface area contributed by atoms with E-state index in [1.54, 1.807) is 12.1 Å². The first-order valence-corrected chi connectivity index (χ1v) is 8.34. The highest BCUT2D eigenvalue weighted by Gasteiger charge is 2.30. The number of benzene rings is 1. The molecule has 28 heavy (non-hydrogen) atoms. The minimum atomic E-state index is -4.47. The summed E-state index contributed by atoms with van der Waals surface area (Å²) in [6.45, 7) is 5.45. The van der Waals surface area contributed by atoms with Gasteiger partial charge in [-0.15, -0.1) is 0 Å². The molecule has 0 atom stereocenters. The van der Waals surface area contributed by atoms with Gasteiger partial charge >= 0.3 is 6.18 Å². The van der Waals surface area contributed by atoms with E-state index >= 15 is 0 Å². The van der Waals surface area contributed by atoms with Crippen molar-refractivity contribution in [3.63, 3.8) is 0 Å². The summed E-state index contributed by atoms with van der Waals surface area (Å²) in [5.74, 6) is 0.396. The molecule has 146 valence electrons. The first kappa shape index (κ1) is 19.4. The van der Waals surface area contributed by atoms with Crippen molar-refractivity contribution >= 4 is 17.0 Å². The number of fused-ring (bicyclic) bond motifs is 1. The first-order chi connectivity index (χ1) is 13.3. The number of alkyl halides is 3. The molecule has 0 aliphatic carbocycles. The number of aryl methyl sites for hydroxylation is 1. The Hall–Kier alpha value is -3.36. The van der Waals surface area contributed by atoms with E-state index in [4.69, 9.17) is 9.15 Å². The highest BCUT2D eigenvalue weighted by atomic mass is 19.4. The van der Waals surface area contributed by atoms with Gasteiger partial charge in [-0.25, -0.2) is 9.97 Å². The number of hydrogen-bond acceptors (Lipinski definition) is 5. The minimum absolute atomic E-state index is 0.0111. The molecule has 0 fully saturated rings. The van der Waals surface area contributed by atoms with Crippen LogP contribution in [0.3, 0.4) is 0 Å². The fourth-order valence-corrected chi connectivity index (χ4v) is 2.43. The number of amides is 1. The van der Waals surface area contributed by atoms with Gasteiger partial charge in [0.15, 0.2) is 22.7 Å². The molecule has 1 aromatic carbocycles. The van der Waals surface area contributed by atoms with Crippen molar-refractivity contribution in [1.82, 2.24) is 15.3 Å². The molecule has 2 aromatic heterocycles. The van der Waals surface area contributed by atoms with Gasteiger partial charge in [-0.1, -0.05) is 13.5 Å². The zero-order valence-corrected chi connectivity index (χ0v) is 14.8. The number of nitrogens with one attached hydrogen (secondary N) is 1. The number of aromatic nitrogens is 2. The third-order valence-corrected chi connectivity index (χ3v) is 3.85. The first-order valence-electron chi connectivity index (χ1n) is 8.34. The van der Waals surface area contributed by atoms with Gasteiger partial charge in [0.1, 0.15) is 0 Å². The van der Waals surface area contributed by atoms with Gasteiger partial charge in [0.25, 0.3) is 0 Å². The maximum atomic E-state index is 12.7. The van der Waals surface area contributed by atoms with Crippen LogP contribution >= 0.6 is 0 Å². The standard InChI is InChI=1S/C19H16F3N3O3/c1-3-14(26)23-9-11-5-7-13(17-18(11)28-15(4-2)25-17)27-16-8-6-12(10-24-16)19(20,21)22/h3,5-8,10H,1,4,9H2,2H3,(H,23,26). The average molecular weight is 391 g/mol. The zero-order chi connectivity index (χ0) is 20.3. The Labute approximate surface area is 158 Å². The third kappa shape index (κ3) is 4.13. The Kier molecular flexibility index (Phi) is 5.34. The van der Waals surface area contributed by atoms with Gasteiger partial charge in [0, 0.05) is 30.8 Å². The second-order valence-corrected chi connectivity index (χ2v) is 5.77. The maximum absolute atomic E-state index is 12.7. The number of carbonyl (C=O) groups excluding carboxylic acids is 1. The third-order valence-electron chi connectivity index (χ3n) is 3.85. The molecular formula is C19H16F3N3O3. The number of oxazole rings is 1. The molecule has 0 spiro atoms. The van der Waals surface area contributed by atoms with Crippen LogP contribution in [0, 0.1) is 0 Å². The molecule has 0 saturated carbocycles. The largest absolute Gasteiger partial charge is 0.440 e. The van der Waals surface area contributed by atoms with E-state index in [9.17, 15) is 18.0 Å². The van der Waals surface area contributed by atoms with Crippen LogP contribution in [-0.2, 0) is 23.9 Å². The number of nitrogens with zero attached hydrogens (tertiary/aromatic N) is 2. The summed E-state index contributed by atoms with van der Waals surface area (Å²) in [7, 11) is 0. The van der Waals surface area contributed by atoms with Gasteiger partial charge in [-0.2, -0.15) is 13.2 Å². The van der Waals surface area contributed by atoms with Gasteiger partial charge < -0.3 is 14.5 Å². The van der Waals surface area contributed by atoms with E-state index < -0.39 is 11.7 Å². The summed E-state index contributed by atoms with van der Waals surface area (Å²) in [5.41, 5.74) is 0.618. The van der Waals surface area contributed by atoms with E-state index in [-0.39, 0.29) is 24.1 Å². The lowest BCUT2D eigenvalue weighted by atomic mass is 10.2. The van der Waals surface area contributed by atoms with Crippen LogP contribution in [-0.4, -0.2) is 15.9 Å². The second-order valence-electron chi connectivity index (χ2n) is 5.77. The fraction of sp³-hybridized carbons (Fsp3) is 0.211. The van der Waals surface area contributed by atoms with Crippen LogP contribution in [0.4, 0.5) is 13.2 Å². The Morgan fingerprint density at radius 1 is 1.32 bits per heavy atom. The monoisotopic (exact) mass is 391 g/mol. The van der Waals surface area contributed by atoms with Crippen molar-refractivity contribution in [2.24, 2.45) is 0 Å². The molecule has 3 rings (SSSR count). The molecule has 0 unspecified atom stereocenters. The van der Waals surface area contributed by atoms with Crippen LogP contribution in [0.25, 0.3) is 11.1 Å². The smallest absolute Gasteiger partial charge is 0.417 e. The van der Waals surface area contributed by atoms with Crippen molar-refractivity contribution < 1.29 is 27.1 Å². The van der Waals surface area contributed by atoms with E-state index in [1.165, 1.54) is 0 Å². The lowest BCUT2D eigenvalue weighted by Gasteiger charge is -2.09. The molecule has 0 aliphatic heterocycles. The molecule has 6 nitrogen and oxygen atoms in total. The van der Waals surface area contributed by atoms with E-state index in [2.05, 4.69) is 21.9 Å². The Balaban J connectivity index is 1.92. The predicted octanol–water partition coefficient (Wildman–Crippen LogP) is 4.40. The number of halogens is 3. The lowest BCUT2D eigenvalue weighted by Crippen LogP contribution is -2.19. The molecular weight excluding hydrogens is 375 g/mol. The van der Waals surface area contributed by atoms with E-state index in [0.29, 0.717) is 35.2 Å². The highest BCUT2D eigenvalue weighted by Crippen LogP contribution is 2.33. The van der Waals surface area contributed by atoms with Crippen molar-refractivity contribution in [1.29, 1.82) is 0 Å². The molecule has 0 bridgehead atoms. The normalized spacial score (nSPS) is 11.4. The van der Waals surface area contributed by atoms with E-state index in [0.717, 1.165) is 18.2 Å². The van der Waals surface area contributed by atoms with Gasteiger partial charge in [0.05, 0.1) is 5.56 Å². The molecule has 0 aliphatic rings. The highest BCUT2D eigenvalue weighted by molar-refractivity contribution is 5.88. The summed E-state index contributed by atoms with van der Waals surface area (Å²) in [6.07, 6.45) is -2.08. The Morgan fingerprint density at radius 3 is 2.71 bits per heavy atom. The molecule has 9 heteroatoms. The van der Waals surface area contributed by atoms with Gasteiger partial charge in [-0.3, -0.25) is 4.79 Å². The molecule has 1 N–H and O–H groups in total. The number of pyridine rings is 1. The maximum Gasteiger partial charge on any atom is 0.417 e. The van der Waals surface area contributed by atoms with Crippen LogP contribution < -0.4 is 10.1 Å². The zero-order valence-electron chi connectivity index (χ0n) is 14.8. The van der Waals surface area contributed by atoms with Crippen molar-refractivity contribution in [2.45, 2.75) is 26.1 Å². The molecule has 0 radical (unpaired) electrons. The van der Waals surface area contributed by atoms with Gasteiger partial charge in [0.2, 0.25) is 11.8 Å². The fourth-order valence-electron chi connectivity index (χ4n) is 2.43. The summed E-state index contributed by atoms with van der Waals surface area (Å²) in [4.78, 5) is 19.5. The SMILES string of the molecule is C=CC(=O)NCc1ccc(Oc2ccc(C(F)(F)F)cn2)c2nc(CC)oc12. The second kappa shape index (κ2) is 7.71. The quantitative estimate of drug-likeness (QED) is 0.631. The number of ether oxygens (including phenoxy) is 1. The molecule has 3 aromatic rings. The topological polar surface area (TPSA) is 77.2 Å². The van der Waals surface area contributed by atoms with Crippen LogP contribution in [0.15, 0.2) is 47.5 Å². The lowest BCUT2D eigenvalue weighted by molar-refractivity contribution is -0.137. The van der Waals surface area contributed by atoms with Crippen molar-refractivity contribution in [2.75, 3.05) is 0 Å². The van der Waals surface area contributed by atoms with Gasteiger partial charge in [-0.05, 0) is 24.3 Å². The Bertz CT molecular complexity index is 1010. The number of rotatable bonds is 6. The average Bonchev–Trinajstić information content (AvgIpc) is 3.12. The van der Waals surface area contributed by atoms with Crippen molar-refractivity contribution in [3.8, 4) is 11.6 Å². The summed E-state index contributed by atoms with van der Waals surface area (Å²) < 4.78 is 49.3. The minimum Gasteiger partial charge on any atom is -0.440 e. The summed E-state index contributed by atoms with van der Waals surface area (Å²) in [6, 6.07) is 5.29. The Morgan fingerprint density at radius 2 is 2.11 bits per heavy atom. The molecule has 2 heterocycles. The van der Waals surface area contributed by atoms with Crippen molar-refractivity contribution in [3.05, 3.63) is 60.1 Å². The summed E-state index contributed by atoms with van der Waals surface area (Å²) in [5, 5.41) is 2.65. The number of carbonyl (C=O) groups is 1. The van der Waals surface area contributed by atoms with Crippen LogP contribution in [0.1, 0.15) is 23.9 Å². The number of hydrogen-bond donors (Lipinski definition) is 1. The van der Waals surface area contributed by atoms with Crippen LogP contribution in [0.5, 0.6) is 11.6 Å². The molecule has 0 saturated heterocycles. The summed E-state index contributed by atoms with van der Waals surface area (Å²) >= 11 is 0. The molecule has 1 amide bonds. The van der Waals surface area contributed by atoms with E-state index in [1.807, 2.05) is 6.92 Å². The predicted molar refractivity (Wildman–Crippen MR) is 94.7 cm³/mol. The van der Waals surface area contributed by atoms with Crippen LogP contribution in [0.2, 0.25) is 0 Å².